The fraction of sp³-hybridized carbons (Fsp3) is 0.240. The first-order chi connectivity index (χ1) is 16.2. The lowest BCUT2D eigenvalue weighted by Crippen LogP contribution is -2.39. The summed E-state index contributed by atoms with van der Waals surface area (Å²) in [5.74, 6) is 0.477. The molecule has 0 bridgehead atoms. The zero-order valence-electron chi connectivity index (χ0n) is 18.0. The molecule has 8 heteroatoms. The van der Waals surface area contributed by atoms with Crippen molar-refractivity contribution in [2.75, 3.05) is 13.1 Å². The molecule has 166 valence electrons. The molecule has 1 amide bonds. The molecule has 33 heavy (non-hydrogen) atoms. The predicted octanol–water partition coefficient (Wildman–Crippen LogP) is 4.01. The van der Waals surface area contributed by atoms with Crippen molar-refractivity contribution >= 4 is 5.91 Å². The number of H-pyrrole nitrogens is 1. The first kappa shape index (κ1) is 20.9. The molecule has 1 aliphatic heterocycles. The van der Waals surface area contributed by atoms with Crippen LogP contribution in [0.4, 0.5) is 4.39 Å². The summed E-state index contributed by atoms with van der Waals surface area (Å²) in [5.41, 5.74) is 3.70. The van der Waals surface area contributed by atoms with Gasteiger partial charge in [-0.25, -0.2) is 14.4 Å². The van der Waals surface area contributed by atoms with Crippen LogP contribution in [0.5, 0.6) is 0 Å². The van der Waals surface area contributed by atoms with Crippen molar-refractivity contribution in [3.63, 3.8) is 0 Å². The third-order valence-corrected chi connectivity index (χ3v) is 5.86. The second-order valence-corrected chi connectivity index (χ2v) is 8.20. The summed E-state index contributed by atoms with van der Waals surface area (Å²) >= 11 is 0. The van der Waals surface area contributed by atoms with Gasteiger partial charge in [0, 0.05) is 61.5 Å². The normalized spacial score (nSPS) is 16.0. The summed E-state index contributed by atoms with van der Waals surface area (Å²) in [6.45, 7) is 1.28. The molecule has 0 spiro atoms. The minimum atomic E-state index is -0.279. The number of rotatable bonds is 5. The van der Waals surface area contributed by atoms with E-state index in [1.807, 2.05) is 11.0 Å². The summed E-state index contributed by atoms with van der Waals surface area (Å²) < 4.78 is 13.5. The highest BCUT2D eigenvalue weighted by molar-refractivity contribution is 5.94. The quantitative estimate of drug-likeness (QED) is 0.505. The molecule has 4 aromatic rings. The van der Waals surface area contributed by atoms with Gasteiger partial charge in [-0.05, 0) is 42.7 Å². The van der Waals surface area contributed by atoms with Gasteiger partial charge in [-0.15, -0.1) is 0 Å². The lowest BCUT2D eigenvalue weighted by molar-refractivity contribution is 0.0705. The topological polar surface area (TPSA) is 87.7 Å². The number of nitrogens with zero attached hydrogens (tertiary/aromatic N) is 5. The number of hydrogen-bond donors (Lipinski definition) is 1. The third kappa shape index (κ3) is 4.79. The van der Waals surface area contributed by atoms with E-state index in [1.165, 1.54) is 12.1 Å². The van der Waals surface area contributed by atoms with Gasteiger partial charge < -0.3 is 9.88 Å². The van der Waals surface area contributed by atoms with Crippen molar-refractivity contribution in [2.24, 2.45) is 0 Å². The fourth-order valence-electron chi connectivity index (χ4n) is 4.25. The van der Waals surface area contributed by atoms with Crippen LogP contribution in [0, 0.1) is 5.82 Å². The van der Waals surface area contributed by atoms with Crippen LogP contribution in [-0.4, -0.2) is 48.8 Å². The number of carbonyl (C=O) groups is 1. The Kier molecular flexibility index (Phi) is 5.89. The molecule has 1 N–H and O–H groups in total. The Labute approximate surface area is 190 Å². The summed E-state index contributed by atoms with van der Waals surface area (Å²) in [4.78, 5) is 35.9. The molecule has 3 aromatic heterocycles. The predicted molar refractivity (Wildman–Crippen MR) is 121 cm³/mol. The second-order valence-electron chi connectivity index (χ2n) is 8.20. The van der Waals surface area contributed by atoms with E-state index in [9.17, 15) is 9.18 Å². The van der Waals surface area contributed by atoms with E-state index in [1.54, 1.807) is 49.2 Å². The van der Waals surface area contributed by atoms with Crippen molar-refractivity contribution in [3.8, 4) is 11.5 Å². The third-order valence-electron chi connectivity index (χ3n) is 5.86. The van der Waals surface area contributed by atoms with Gasteiger partial charge in [0.25, 0.3) is 5.91 Å². The molecule has 1 aromatic carbocycles. The lowest BCUT2D eigenvalue weighted by Gasteiger charge is -2.32. The number of amides is 1. The Hall–Kier alpha value is -3.94. The number of likely N-dealkylation sites (tertiary alicyclic amines) is 1. The fourth-order valence-corrected chi connectivity index (χ4v) is 4.25. The zero-order valence-corrected chi connectivity index (χ0v) is 18.0. The molecule has 0 unspecified atom stereocenters. The van der Waals surface area contributed by atoms with Gasteiger partial charge in [-0.3, -0.25) is 14.8 Å². The number of nitrogens with one attached hydrogen (secondary N) is 1. The smallest absolute Gasteiger partial charge is 0.253 e. The monoisotopic (exact) mass is 442 g/mol. The van der Waals surface area contributed by atoms with Crippen LogP contribution in [0.25, 0.3) is 11.5 Å². The minimum absolute atomic E-state index is 0.0299. The standard InChI is InChI=1S/C25H23FN6O/c26-20-5-1-3-17(11-20)12-21-13-18(6-7-28-21)25(33)32-10-2-4-19(16-32)22-14-27-15-23(31-22)24-29-8-9-30-24/h1,3,5-9,11,13-15,19H,2,4,10,12,16H2,(H,29,30)/t19-/m0/s1. The Morgan fingerprint density at radius 1 is 1.15 bits per heavy atom. The van der Waals surface area contributed by atoms with E-state index in [4.69, 9.17) is 4.98 Å². The Morgan fingerprint density at radius 2 is 2.09 bits per heavy atom. The number of piperidine rings is 1. The van der Waals surface area contributed by atoms with Crippen molar-refractivity contribution in [3.05, 3.63) is 95.7 Å². The number of pyridine rings is 1. The first-order valence-corrected chi connectivity index (χ1v) is 11.0. The van der Waals surface area contributed by atoms with Crippen LogP contribution in [0.15, 0.2) is 67.4 Å². The highest BCUT2D eigenvalue weighted by Gasteiger charge is 2.27. The number of halogens is 1. The van der Waals surface area contributed by atoms with Crippen LogP contribution < -0.4 is 0 Å². The van der Waals surface area contributed by atoms with Crippen molar-refractivity contribution in [2.45, 2.75) is 25.2 Å². The largest absolute Gasteiger partial charge is 0.343 e. The maximum absolute atomic E-state index is 13.5. The van der Waals surface area contributed by atoms with Crippen LogP contribution in [0.3, 0.4) is 0 Å². The van der Waals surface area contributed by atoms with Gasteiger partial charge in [0.15, 0.2) is 5.82 Å². The zero-order chi connectivity index (χ0) is 22.6. The summed E-state index contributed by atoms with van der Waals surface area (Å²) in [5, 5.41) is 0. The highest BCUT2D eigenvalue weighted by Crippen LogP contribution is 2.27. The average molecular weight is 442 g/mol. The van der Waals surface area contributed by atoms with Gasteiger partial charge in [-0.1, -0.05) is 12.1 Å². The van der Waals surface area contributed by atoms with Crippen LogP contribution >= 0.6 is 0 Å². The molecule has 0 saturated carbocycles. The number of benzene rings is 1. The van der Waals surface area contributed by atoms with Crippen LogP contribution in [-0.2, 0) is 6.42 Å². The minimum Gasteiger partial charge on any atom is -0.343 e. The Balaban J connectivity index is 1.31. The number of aromatic amines is 1. The van der Waals surface area contributed by atoms with E-state index in [2.05, 4.69) is 19.9 Å². The summed E-state index contributed by atoms with van der Waals surface area (Å²) in [7, 11) is 0. The van der Waals surface area contributed by atoms with Gasteiger partial charge in [-0.2, -0.15) is 0 Å². The molecule has 1 aliphatic rings. The van der Waals surface area contributed by atoms with E-state index in [0.29, 0.717) is 36.6 Å². The van der Waals surface area contributed by atoms with Crippen LogP contribution in [0.2, 0.25) is 0 Å². The van der Waals surface area contributed by atoms with Crippen molar-refractivity contribution in [1.29, 1.82) is 0 Å². The van der Waals surface area contributed by atoms with Crippen molar-refractivity contribution < 1.29 is 9.18 Å². The summed E-state index contributed by atoms with van der Waals surface area (Å²) in [6.07, 6.45) is 10.8. The van der Waals surface area contributed by atoms with Crippen LogP contribution in [0.1, 0.15) is 46.1 Å². The Morgan fingerprint density at radius 3 is 2.94 bits per heavy atom. The summed E-state index contributed by atoms with van der Waals surface area (Å²) in [6, 6.07) is 9.97. The molecule has 7 nitrogen and oxygen atoms in total. The molecule has 0 radical (unpaired) electrons. The van der Waals surface area contributed by atoms with Gasteiger partial charge >= 0.3 is 0 Å². The van der Waals surface area contributed by atoms with Crippen molar-refractivity contribution in [1.82, 2.24) is 29.8 Å². The SMILES string of the molecule is O=C(c1ccnc(Cc2cccc(F)c2)c1)N1CCC[C@H](c2cncc(-c3ncc[nH]3)n2)C1. The van der Waals surface area contributed by atoms with Gasteiger partial charge in [0.2, 0.25) is 0 Å². The maximum Gasteiger partial charge on any atom is 0.253 e. The second kappa shape index (κ2) is 9.28. The number of imidazole rings is 1. The molecule has 1 saturated heterocycles. The first-order valence-electron chi connectivity index (χ1n) is 11.0. The number of carbonyl (C=O) groups excluding carboxylic acids is 1. The van der Waals surface area contributed by atoms with E-state index in [-0.39, 0.29) is 17.6 Å². The number of hydrogen-bond acceptors (Lipinski definition) is 5. The number of aromatic nitrogens is 5. The van der Waals surface area contributed by atoms with E-state index in [0.717, 1.165) is 29.8 Å². The van der Waals surface area contributed by atoms with E-state index >= 15 is 0 Å². The molecular weight excluding hydrogens is 419 g/mol. The average Bonchev–Trinajstić information content (AvgIpc) is 3.39. The van der Waals surface area contributed by atoms with Gasteiger partial charge in [0.1, 0.15) is 11.5 Å². The maximum atomic E-state index is 13.5. The highest BCUT2D eigenvalue weighted by atomic mass is 19.1. The molecule has 1 atom stereocenters. The Bertz CT molecular complexity index is 1260. The molecule has 5 rings (SSSR count). The lowest BCUT2D eigenvalue weighted by atomic mass is 9.94. The molecule has 4 heterocycles. The molecule has 0 aliphatic carbocycles. The van der Waals surface area contributed by atoms with E-state index < -0.39 is 0 Å². The molecule has 1 fully saturated rings. The van der Waals surface area contributed by atoms with Gasteiger partial charge in [0.05, 0.1) is 11.9 Å². The molecular formula is C25H23FN6O.